The van der Waals surface area contributed by atoms with Crippen molar-refractivity contribution in [2.45, 2.75) is 46.1 Å². The van der Waals surface area contributed by atoms with Gasteiger partial charge in [-0.3, -0.25) is 0 Å². The summed E-state index contributed by atoms with van der Waals surface area (Å²) < 4.78 is 6.68. The van der Waals surface area contributed by atoms with Crippen LogP contribution >= 0.6 is 0 Å². The first-order valence-electron chi connectivity index (χ1n) is 12.4. The second kappa shape index (κ2) is 7.32. The lowest BCUT2D eigenvalue weighted by atomic mass is 9.76. The highest BCUT2D eigenvalue weighted by Crippen LogP contribution is 2.55. The Morgan fingerprint density at radius 2 is 1.28 bits per heavy atom. The van der Waals surface area contributed by atoms with Gasteiger partial charge in [-0.05, 0) is 100 Å². The van der Waals surface area contributed by atoms with E-state index in [0.29, 0.717) is 0 Å². The lowest BCUT2D eigenvalue weighted by Gasteiger charge is -2.34. The van der Waals surface area contributed by atoms with E-state index < -0.39 is 0 Å². The zero-order valence-corrected chi connectivity index (χ0v) is 19.8. The standard InChI is InChI=1S/C31H34O/c1-19-20(2)29-16-21(19)15-22(29)18-32-31(3,4)23-13-14-28-26-11-6-5-9-24(26)25-10-7-8-12-27(25)30(28)17-23/h5-14,17,19-22,29H,15-16,18H2,1-4H3. The van der Waals surface area contributed by atoms with Crippen LogP contribution in [0.4, 0.5) is 0 Å². The monoisotopic (exact) mass is 422 g/mol. The average Bonchev–Trinajstić information content (AvgIpc) is 3.36. The first kappa shape index (κ1) is 20.2. The summed E-state index contributed by atoms with van der Waals surface area (Å²) in [6.07, 6.45) is 2.78. The molecule has 0 amide bonds. The molecule has 0 spiro atoms. The summed E-state index contributed by atoms with van der Waals surface area (Å²) in [5.74, 6) is 4.26. The van der Waals surface area contributed by atoms with Crippen LogP contribution in [0, 0.1) is 29.6 Å². The second-order valence-corrected chi connectivity index (χ2v) is 11.0. The molecule has 0 saturated heterocycles. The van der Waals surface area contributed by atoms with Gasteiger partial charge in [0.2, 0.25) is 0 Å². The first-order valence-corrected chi connectivity index (χ1v) is 12.4. The summed E-state index contributed by atoms with van der Waals surface area (Å²) in [7, 11) is 0. The molecule has 5 atom stereocenters. The summed E-state index contributed by atoms with van der Waals surface area (Å²) in [6, 6.07) is 24.6. The van der Waals surface area contributed by atoms with Gasteiger partial charge in [-0.2, -0.15) is 0 Å². The van der Waals surface area contributed by atoms with Crippen LogP contribution in [0.1, 0.15) is 46.1 Å². The minimum Gasteiger partial charge on any atom is -0.371 e. The third kappa shape index (κ3) is 3.01. The maximum Gasteiger partial charge on any atom is 0.0875 e. The molecule has 164 valence electrons. The number of hydrogen-bond donors (Lipinski definition) is 0. The van der Waals surface area contributed by atoms with Crippen molar-refractivity contribution in [3.8, 4) is 0 Å². The third-order valence-electron chi connectivity index (χ3n) is 9.13. The van der Waals surface area contributed by atoms with E-state index in [1.54, 1.807) is 0 Å². The van der Waals surface area contributed by atoms with E-state index in [1.165, 1.54) is 50.7 Å². The van der Waals surface area contributed by atoms with Crippen LogP contribution in [-0.2, 0) is 10.3 Å². The molecule has 2 fully saturated rings. The molecule has 2 bridgehead atoms. The van der Waals surface area contributed by atoms with Crippen LogP contribution in [0.3, 0.4) is 0 Å². The van der Waals surface area contributed by atoms with Gasteiger partial charge in [-0.25, -0.2) is 0 Å². The van der Waals surface area contributed by atoms with Gasteiger partial charge in [0.15, 0.2) is 0 Å². The van der Waals surface area contributed by atoms with E-state index in [4.69, 9.17) is 4.74 Å². The molecule has 2 saturated carbocycles. The molecule has 1 heteroatoms. The van der Waals surface area contributed by atoms with E-state index in [2.05, 4.69) is 94.4 Å². The summed E-state index contributed by atoms with van der Waals surface area (Å²) >= 11 is 0. The minimum absolute atomic E-state index is 0.294. The van der Waals surface area contributed by atoms with Crippen molar-refractivity contribution in [2.24, 2.45) is 29.6 Å². The quantitative estimate of drug-likeness (QED) is 0.300. The van der Waals surface area contributed by atoms with Crippen molar-refractivity contribution in [3.63, 3.8) is 0 Å². The predicted octanol–water partition coefficient (Wildman–Crippen LogP) is 8.33. The third-order valence-corrected chi connectivity index (χ3v) is 9.13. The van der Waals surface area contributed by atoms with Crippen LogP contribution in [-0.4, -0.2) is 6.61 Å². The van der Waals surface area contributed by atoms with Crippen molar-refractivity contribution in [1.82, 2.24) is 0 Å². The molecular formula is C31H34O. The van der Waals surface area contributed by atoms with Gasteiger partial charge in [0.05, 0.1) is 12.2 Å². The minimum atomic E-state index is -0.294. The van der Waals surface area contributed by atoms with Crippen molar-refractivity contribution < 1.29 is 4.74 Å². The highest BCUT2D eigenvalue weighted by molar-refractivity contribution is 6.25. The Bertz CT molecular complexity index is 1280. The second-order valence-electron chi connectivity index (χ2n) is 11.0. The predicted molar refractivity (Wildman–Crippen MR) is 136 cm³/mol. The highest BCUT2D eigenvalue weighted by Gasteiger charge is 2.48. The van der Waals surface area contributed by atoms with E-state index in [1.807, 2.05) is 0 Å². The number of benzene rings is 4. The summed E-state index contributed by atoms with van der Waals surface area (Å²) in [4.78, 5) is 0. The van der Waals surface area contributed by atoms with Gasteiger partial charge in [0, 0.05) is 0 Å². The van der Waals surface area contributed by atoms with Crippen LogP contribution < -0.4 is 0 Å². The molecular weight excluding hydrogens is 388 g/mol. The van der Waals surface area contributed by atoms with Gasteiger partial charge < -0.3 is 4.74 Å². The van der Waals surface area contributed by atoms with Crippen LogP contribution in [0.2, 0.25) is 0 Å². The normalized spacial score (nSPS) is 27.7. The molecule has 6 rings (SSSR count). The van der Waals surface area contributed by atoms with Gasteiger partial charge in [-0.1, -0.05) is 74.5 Å². The Morgan fingerprint density at radius 3 is 1.84 bits per heavy atom. The van der Waals surface area contributed by atoms with Crippen LogP contribution in [0.15, 0.2) is 66.7 Å². The lowest BCUT2D eigenvalue weighted by Crippen LogP contribution is -2.31. The van der Waals surface area contributed by atoms with Gasteiger partial charge in [0.1, 0.15) is 0 Å². The molecule has 32 heavy (non-hydrogen) atoms. The van der Waals surface area contributed by atoms with Crippen molar-refractivity contribution >= 4 is 32.3 Å². The Balaban J connectivity index is 1.36. The van der Waals surface area contributed by atoms with Crippen molar-refractivity contribution in [1.29, 1.82) is 0 Å². The largest absolute Gasteiger partial charge is 0.371 e. The van der Waals surface area contributed by atoms with Gasteiger partial charge in [0.25, 0.3) is 0 Å². The lowest BCUT2D eigenvalue weighted by molar-refractivity contribution is -0.0539. The van der Waals surface area contributed by atoms with Gasteiger partial charge in [-0.15, -0.1) is 0 Å². The zero-order valence-electron chi connectivity index (χ0n) is 19.8. The van der Waals surface area contributed by atoms with E-state index in [-0.39, 0.29) is 5.60 Å². The van der Waals surface area contributed by atoms with E-state index >= 15 is 0 Å². The number of hydrogen-bond acceptors (Lipinski definition) is 1. The number of fused-ring (bicyclic) bond motifs is 8. The van der Waals surface area contributed by atoms with Gasteiger partial charge >= 0.3 is 0 Å². The van der Waals surface area contributed by atoms with Crippen LogP contribution in [0.25, 0.3) is 32.3 Å². The molecule has 0 aromatic heterocycles. The molecule has 5 unspecified atom stereocenters. The SMILES string of the molecule is CC1C2CC(COC(C)(C)c3ccc4c5ccccc5c5ccccc5c4c3)C(C2)C1C. The van der Waals surface area contributed by atoms with E-state index in [0.717, 1.165) is 36.2 Å². The molecule has 4 aromatic rings. The zero-order chi connectivity index (χ0) is 22.0. The molecule has 2 aliphatic carbocycles. The Hall–Kier alpha value is -2.38. The van der Waals surface area contributed by atoms with Crippen molar-refractivity contribution in [3.05, 3.63) is 72.3 Å². The van der Waals surface area contributed by atoms with Crippen molar-refractivity contribution in [2.75, 3.05) is 6.61 Å². The summed E-state index contributed by atoms with van der Waals surface area (Å²) in [5, 5.41) is 7.98. The smallest absolute Gasteiger partial charge is 0.0875 e. The fourth-order valence-corrected chi connectivity index (χ4v) is 6.97. The summed E-state index contributed by atoms with van der Waals surface area (Å²) in [6.45, 7) is 10.3. The molecule has 2 aliphatic rings. The molecule has 0 radical (unpaired) electrons. The Kier molecular flexibility index (Phi) is 4.63. The molecule has 0 aliphatic heterocycles. The maximum atomic E-state index is 6.68. The Morgan fingerprint density at radius 1 is 0.719 bits per heavy atom. The van der Waals surface area contributed by atoms with E-state index in [9.17, 15) is 0 Å². The molecule has 0 heterocycles. The molecule has 0 N–H and O–H groups in total. The number of ether oxygens (including phenoxy) is 1. The fraction of sp³-hybridized carbons (Fsp3) is 0.419. The summed E-state index contributed by atoms with van der Waals surface area (Å²) in [5.41, 5.74) is 0.979. The number of rotatable bonds is 4. The maximum absolute atomic E-state index is 6.68. The highest BCUT2D eigenvalue weighted by atomic mass is 16.5. The molecule has 4 aromatic carbocycles. The first-order chi connectivity index (χ1) is 15.4. The Labute approximate surface area is 191 Å². The fourth-order valence-electron chi connectivity index (χ4n) is 6.97. The average molecular weight is 423 g/mol. The molecule has 1 nitrogen and oxygen atoms in total. The van der Waals surface area contributed by atoms with Crippen LogP contribution in [0.5, 0.6) is 0 Å². The topological polar surface area (TPSA) is 9.23 Å².